The Morgan fingerprint density at radius 3 is 2.49 bits per heavy atom. The Kier molecular flexibility index (Phi) is 6.02. The zero-order valence-electron chi connectivity index (χ0n) is 19.9. The number of hydrogen-bond acceptors (Lipinski definition) is 7. The lowest BCUT2D eigenvalue weighted by molar-refractivity contribution is 0.354. The predicted octanol–water partition coefficient (Wildman–Crippen LogP) is 4.22. The maximum absolute atomic E-state index is 12.8. The topological polar surface area (TPSA) is 120 Å². The van der Waals surface area contributed by atoms with Crippen molar-refractivity contribution in [2.24, 2.45) is 0 Å². The van der Waals surface area contributed by atoms with Crippen LogP contribution in [-0.4, -0.2) is 28.1 Å². The van der Waals surface area contributed by atoms with E-state index in [1.807, 2.05) is 29.7 Å². The Hall–Kier alpha value is -3.37. The number of rotatable bonds is 6. The van der Waals surface area contributed by atoms with E-state index in [1.165, 1.54) is 0 Å². The highest BCUT2D eigenvalue weighted by atomic mass is 32.2. The Morgan fingerprint density at radius 2 is 1.77 bits per heavy atom. The van der Waals surface area contributed by atoms with Gasteiger partial charge in [0.25, 0.3) is 5.56 Å². The van der Waals surface area contributed by atoms with Gasteiger partial charge in [0.05, 0.1) is 22.0 Å². The summed E-state index contributed by atoms with van der Waals surface area (Å²) in [6.45, 7) is 5.27. The molecule has 2 aromatic carbocycles. The number of benzene rings is 2. The third-order valence-corrected chi connectivity index (χ3v) is 8.03. The number of nitrogens with one attached hydrogen (secondary N) is 1. The lowest BCUT2D eigenvalue weighted by Crippen LogP contribution is -2.27. The number of aromatic nitrogens is 4. The summed E-state index contributed by atoms with van der Waals surface area (Å²) in [6.07, 6.45) is 4.22. The summed E-state index contributed by atoms with van der Waals surface area (Å²) in [6, 6.07) is 11.6. The van der Waals surface area contributed by atoms with E-state index in [0.717, 1.165) is 36.8 Å². The fraction of sp³-hybridized carbons (Fsp3) is 0.360. The Bertz CT molecular complexity index is 1550. The zero-order valence-corrected chi connectivity index (χ0v) is 20.7. The molecule has 4 aromatic rings. The van der Waals surface area contributed by atoms with Crippen LogP contribution in [0.4, 0.5) is 0 Å². The molecule has 5 rings (SSSR count). The van der Waals surface area contributed by atoms with Crippen LogP contribution in [0.5, 0.6) is 0 Å². The van der Waals surface area contributed by atoms with Crippen molar-refractivity contribution in [3.05, 3.63) is 70.0 Å². The summed E-state index contributed by atoms with van der Waals surface area (Å²) in [7, 11) is -3.75. The molecular formula is C25H27N5O4S. The van der Waals surface area contributed by atoms with E-state index >= 15 is 0 Å². The SMILES string of the molecule is Cc1ccc(S(=O)(=O)NC(C)c2nc(-c3ccc4c(c3)nc(C)c(=O)n4C3CCCC3)no2)cc1. The van der Waals surface area contributed by atoms with Crippen molar-refractivity contribution in [3.8, 4) is 11.4 Å². The van der Waals surface area contributed by atoms with Gasteiger partial charge in [0.2, 0.25) is 21.7 Å². The first-order chi connectivity index (χ1) is 16.7. The van der Waals surface area contributed by atoms with Gasteiger partial charge in [-0.1, -0.05) is 35.7 Å². The molecule has 1 saturated carbocycles. The molecule has 1 atom stereocenters. The molecule has 1 aliphatic carbocycles. The minimum Gasteiger partial charge on any atom is -0.337 e. The van der Waals surface area contributed by atoms with Gasteiger partial charge in [-0.3, -0.25) is 4.79 Å². The molecule has 0 saturated heterocycles. The zero-order chi connectivity index (χ0) is 24.7. The smallest absolute Gasteiger partial charge is 0.272 e. The van der Waals surface area contributed by atoms with Gasteiger partial charge in [-0.15, -0.1) is 0 Å². The van der Waals surface area contributed by atoms with Gasteiger partial charge in [0.15, 0.2) is 0 Å². The molecule has 35 heavy (non-hydrogen) atoms. The molecule has 0 spiro atoms. The molecule has 2 aromatic heterocycles. The summed E-state index contributed by atoms with van der Waals surface area (Å²) >= 11 is 0. The summed E-state index contributed by atoms with van der Waals surface area (Å²) in [4.78, 5) is 21.9. The molecule has 1 fully saturated rings. The third-order valence-electron chi connectivity index (χ3n) is 6.47. The molecule has 0 radical (unpaired) electrons. The summed E-state index contributed by atoms with van der Waals surface area (Å²) in [5.74, 6) is 0.470. The van der Waals surface area contributed by atoms with Gasteiger partial charge < -0.3 is 9.09 Å². The lowest BCUT2D eigenvalue weighted by atomic mass is 10.1. The highest BCUT2D eigenvalue weighted by Crippen LogP contribution is 2.31. The van der Waals surface area contributed by atoms with Crippen molar-refractivity contribution in [1.29, 1.82) is 0 Å². The van der Waals surface area contributed by atoms with Gasteiger partial charge in [0.1, 0.15) is 5.69 Å². The second kappa shape index (κ2) is 9.01. The maximum atomic E-state index is 12.8. The van der Waals surface area contributed by atoms with E-state index in [4.69, 9.17) is 4.52 Å². The van der Waals surface area contributed by atoms with E-state index in [-0.39, 0.29) is 22.4 Å². The fourth-order valence-corrected chi connectivity index (χ4v) is 5.79. The number of sulfonamides is 1. The molecular weight excluding hydrogens is 466 g/mol. The van der Waals surface area contributed by atoms with E-state index in [2.05, 4.69) is 19.8 Å². The van der Waals surface area contributed by atoms with Crippen LogP contribution in [0.3, 0.4) is 0 Å². The maximum Gasteiger partial charge on any atom is 0.272 e. The first kappa shape index (κ1) is 23.4. The van der Waals surface area contributed by atoms with Gasteiger partial charge in [-0.2, -0.15) is 9.71 Å². The second-order valence-corrected chi connectivity index (χ2v) is 10.8. The molecule has 1 unspecified atom stereocenters. The van der Waals surface area contributed by atoms with Crippen LogP contribution in [-0.2, 0) is 10.0 Å². The van der Waals surface area contributed by atoms with Gasteiger partial charge in [-0.05, 0) is 63.9 Å². The molecule has 10 heteroatoms. The number of nitrogens with zero attached hydrogens (tertiary/aromatic N) is 4. The van der Waals surface area contributed by atoms with Crippen molar-refractivity contribution in [3.63, 3.8) is 0 Å². The highest BCUT2D eigenvalue weighted by molar-refractivity contribution is 7.89. The number of aryl methyl sites for hydroxylation is 2. The molecule has 1 aliphatic rings. The third kappa shape index (κ3) is 4.51. The van der Waals surface area contributed by atoms with Crippen molar-refractivity contribution in [2.45, 2.75) is 63.4 Å². The van der Waals surface area contributed by atoms with Crippen molar-refractivity contribution < 1.29 is 12.9 Å². The highest BCUT2D eigenvalue weighted by Gasteiger charge is 2.24. The normalized spacial score (nSPS) is 15.6. The predicted molar refractivity (Wildman–Crippen MR) is 131 cm³/mol. The quantitative estimate of drug-likeness (QED) is 0.427. The summed E-state index contributed by atoms with van der Waals surface area (Å²) in [5, 5.41) is 4.05. The lowest BCUT2D eigenvalue weighted by Gasteiger charge is -2.17. The minimum atomic E-state index is -3.75. The average Bonchev–Trinajstić information content (AvgIpc) is 3.52. The average molecular weight is 494 g/mol. The second-order valence-electron chi connectivity index (χ2n) is 9.13. The van der Waals surface area contributed by atoms with Gasteiger partial charge in [-0.25, -0.2) is 13.4 Å². The largest absolute Gasteiger partial charge is 0.337 e. The van der Waals surface area contributed by atoms with Crippen LogP contribution < -0.4 is 10.3 Å². The molecule has 2 heterocycles. The van der Waals surface area contributed by atoms with Crippen molar-refractivity contribution in [2.75, 3.05) is 0 Å². The van der Waals surface area contributed by atoms with Crippen LogP contribution in [0.2, 0.25) is 0 Å². The van der Waals surface area contributed by atoms with Crippen LogP contribution >= 0.6 is 0 Å². The Morgan fingerprint density at radius 1 is 1.06 bits per heavy atom. The minimum absolute atomic E-state index is 0.0475. The Balaban J connectivity index is 1.43. The molecule has 0 amide bonds. The standard InChI is InChI=1S/C25H27N5O4S/c1-15-8-11-20(12-9-15)35(32,33)29-16(2)24-27-23(28-34-24)18-10-13-22-21(14-18)26-17(3)25(31)30(22)19-6-4-5-7-19/h8-14,16,19,29H,4-7H2,1-3H3. The van der Waals surface area contributed by atoms with Crippen LogP contribution in [0.1, 0.15) is 61.8 Å². The van der Waals surface area contributed by atoms with Crippen molar-refractivity contribution in [1.82, 2.24) is 24.4 Å². The van der Waals surface area contributed by atoms with E-state index < -0.39 is 16.1 Å². The first-order valence-electron chi connectivity index (χ1n) is 11.7. The number of fused-ring (bicyclic) bond motifs is 1. The first-order valence-corrected chi connectivity index (χ1v) is 13.2. The summed E-state index contributed by atoms with van der Waals surface area (Å²) in [5.41, 5.74) is 3.52. The van der Waals surface area contributed by atoms with Gasteiger partial charge >= 0.3 is 0 Å². The molecule has 0 aliphatic heterocycles. The number of hydrogen-bond donors (Lipinski definition) is 1. The van der Waals surface area contributed by atoms with E-state index in [9.17, 15) is 13.2 Å². The van der Waals surface area contributed by atoms with Crippen LogP contribution in [0, 0.1) is 13.8 Å². The fourth-order valence-electron chi connectivity index (χ4n) is 4.59. The van der Waals surface area contributed by atoms with Crippen LogP contribution in [0.25, 0.3) is 22.4 Å². The molecule has 0 bridgehead atoms. The Labute approximate surface area is 203 Å². The monoisotopic (exact) mass is 493 g/mol. The van der Waals surface area contributed by atoms with E-state index in [1.54, 1.807) is 38.1 Å². The summed E-state index contributed by atoms with van der Waals surface area (Å²) < 4.78 is 35.3. The van der Waals surface area contributed by atoms with Crippen LogP contribution in [0.15, 0.2) is 56.7 Å². The molecule has 182 valence electrons. The van der Waals surface area contributed by atoms with Gasteiger partial charge in [0, 0.05) is 11.6 Å². The molecule has 1 N–H and O–H groups in total. The van der Waals surface area contributed by atoms with E-state index in [0.29, 0.717) is 22.6 Å². The molecule has 9 nitrogen and oxygen atoms in total. The van der Waals surface area contributed by atoms with Crippen molar-refractivity contribution >= 4 is 21.1 Å².